The molecule has 0 spiro atoms. The van der Waals surface area contributed by atoms with E-state index in [2.05, 4.69) is 4.90 Å². The monoisotopic (exact) mass is 355 g/mol. The lowest BCUT2D eigenvalue weighted by Gasteiger charge is -2.32. The average molecular weight is 355 g/mol. The lowest BCUT2D eigenvalue weighted by molar-refractivity contribution is -0.142. The Bertz CT molecular complexity index is 535. The smallest absolute Gasteiger partial charge is 0.331 e. The molecular formula is C17H25NO5S. The van der Waals surface area contributed by atoms with Crippen molar-refractivity contribution in [2.24, 2.45) is 0 Å². The van der Waals surface area contributed by atoms with Crippen LogP contribution >= 0.6 is 11.8 Å². The van der Waals surface area contributed by atoms with Crippen LogP contribution in [0.1, 0.15) is 5.56 Å². The van der Waals surface area contributed by atoms with Crippen molar-refractivity contribution in [1.29, 1.82) is 0 Å². The number of rotatable bonds is 7. The van der Waals surface area contributed by atoms with Gasteiger partial charge in [0.1, 0.15) is 6.04 Å². The minimum Gasteiger partial charge on any atom is -0.493 e. The Labute approximate surface area is 147 Å². The van der Waals surface area contributed by atoms with Gasteiger partial charge in [-0.25, -0.2) is 4.79 Å². The zero-order valence-corrected chi connectivity index (χ0v) is 15.5. The van der Waals surface area contributed by atoms with E-state index in [1.54, 1.807) is 21.3 Å². The van der Waals surface area contributed by atoms with Crippen LogP contribution in [0.25, 0.3) is 0 Å². The van der Waals surface area contributed by atoms with Crippen molar-refractivity contribution < 1.29 is 23.7 Å². The average Bonchev–Trinajstić information content (AvgIpc) is 2.61. The van der Waals surface area contributed by atoms with Crippen molar-refractivity contribution in [3.63, 3.8) is 0 Å². The third-order valence-electron chi connectivity index (χ3n) is 3.89. The first-order chi connectivity index (χ1) is 11.6. The lowest BCUT2D eigenvalue weighted by Crippen LogP contribution is -2.49. The molecule has 1 aliphatic heterocycles. The molecule has 0 N–H and O–H groups in total. The first kappa shape index (κ1) is 18.9. The molecule has 1 aliphatic rings. The second kappa shape index (κ2) is 9.15. The standard InChI is InChI=1S/C17H25NO5S/c1-12-9-14(21-3)16(15(10-12)22-4)23-17(19)13(11-20-2)18-5-7-24-8-6-18/h9-10,13H,5-8,11H2,1-4H3. The fourth-order valence-electron chi connectivity index (χ4n) is 2.65. The number of hydrogen-bond acceptors (Lipinski definition) is 7. The van der Waals surface area contributed by atoms with Crippen LogP contribution in [0.2, 0.25) is 0 Å². The topological polar surface area (TPSA) is 57.2 Å². The zero-order valence-electron chi connectivity index (χ0n) is 14.7. The first-order valence-electron chi connectivity index (χ1n) is 7.85. The van der Waals surface area contributed by atoms with Crippen LogP contribution < -0.4 is 14.2 Å². The van der Waals surface area contributed by atoms with E-state index in [0.717, 1.165) is 30.2 Å². The highest BCUT2D eigenvalue weighted by Crippen LogP contribution is 2.38. The molecule has 0 saturated carbocycles. The van der Waals surface area contributed by atoms with Gasteiger partial charge in [-0.15, -0.1) is 0 Å². The Morgan fingerprint density at radius 1 is 1.17 bits per heavy atom. The Kier molecular flexibility index (Phi) is 7.20. The molecule has 0 aromatic heterocycles. The van der Waals surface area contributed by atoms with Crippen LogP contribution in [0, 0.1) is 6.92 Å². The van der Waals surface area contributed by atoms with Crippen molar-refractivity contribution in [1.82, 2.24) is 4.90 Å². The number of thioether (sulfide) groups is 1. The van der Waals surface area contributed by atoms with Gasteiger partial charge in [0.2, 0.25) is 5.75 Å². The van der Waals surface area contributed by atoms with Crippen LogP contribution in [0.3, 0.4) is 0 Å². The van der Waals surface area contributed by atoms with E-state index < -0.39 is 6.04 Å². The summed E-state index contributed by atoms with van der Waals surface area (Å²) in [6, 6.07) is 3.19. The second-order valence-electron chi connectivity index (χ2n) is 5.54. The molecule has 0 radical (unpaired) electrons. The number of esters is 1. The van der Waals surface area contributed by atoms with Crippen LogP contribution in [0.15, 0.2) is 12.1 Å². The highest BCUT2D eigenvalue weighted by atomic mass is 32.2. The molecular weight excluding hydrogens is 330 g/mol. The van der Waals surface area contributed by atoms with Crippen molar-refractivity contribution in [2.75, 3.05) is 52.5 Å². The van der Waals surface area contributed by atoms with Crippen molar-refractivity contribution in [3.8, 4) is 17.2 Å². The molecule has 6 nitrogen and oxygen atoms in total. The molecule has 7 heteroatoms. The minimum atomic E-state index is -0.438. The van der Waals surface area contributed by atoms with E-state index >= 15 is 0 Å². The first-order valence-corrected chi connectivity index (χ1v) is 9.01. The Morgan fingerprint density at radius 3 is 2.25 bits per heavy atom. The summed E-state index contributed by atoms with van der Waals surface area (Å²) in [6.45, 7) is 3.90. The summed E-state index contributed by atoms with van der Waals surface area (Å²) in [6.07, 6.45) is 0. The summed E-state index contributed by atoms with van der Waals surface area (Å²) >= 11 is 1.89. The molecule has 0 amide bonds. The molecule has 134 valence electrons. The van der Waals surface area contributed by atoms with Gasteiger partial charge in [-0.3, -0.25) is 4.90 Å². The normalized spacial score (nSPS) is 16.5. The summed E-state index contributed by atoms with van der Waals surface area (Å²) in [7, 11) is 4.67. The molecule has 2 rings (SSSR count). The predicted molar refractivity (Wildman–Crippen MR) is 94.5 cm³/mol. The van der Waals surface area contributed by atoms with Crippen LogP contribution in [0.4, 0.5) is 0 Å². The maximum absolute atomic E-state index is 12.8. The Balaban J connectivity index is 2.22. The Hall–Kier alpha value is -1.44. The minimum absolute atomic E-state index is 0.292. The fourth-order valence-corrected chi connectivity index (χ4v) is 3.58. The maximum Gasteiger partial charge on any atom is 0.331 e. The third kappa shape index (κ3) is 4.55. The molecule has 1 aromatic carbocycles. The van der Waals surface area contributed by atoms with Gasteiger partial charge >= 0.3 is 5.97 Å². The van der Waals surface area contributed by atoms with Crippen LogP contribution in [-0.4, -0.2) is 69.4 Å². The third-order valence-corrected chi connectivity index (χ3v) is 4.83. The van der Waals surface area contributed by atoms with Crippen molar-refractivity contribution in [2.45, 2.75) is 13.0 Å². The molecule has 24 heavy (non-hydrogen) atoms. The summed E-state index contributed by atoms with van der Waals surface area (Å²) in [5.74, 6) is 2.92. The number of benzene rings is 1. The van der Waals surface area contributed by atoms with E-state index in [-0.39, 0.29) is 5.97 Å². The largest absolute Gasteiger partial charge is 0.493 e. The molecule has 1 aromatic rings. The van der Waals surface area contributed by atoms with Crippen LogP contribution in [-0.2, 0) is 9.53 Å². The van der Waals surface area contributed by atoms with Crippen LogP contribution in [0.5, 0.6) is 17.2 Å². The number of nitrogens with zero attached hydrogens (tertiary/aromatic N) is 1. The summed E-state index contributed by atoms with van der Waals surface area (Å²) in [4.78, 5) is 14.9. The van der Waals surface area contributed by atoms with Gasteiger partial charge in [0.05, 0.1) is 20.8 Å². The van der Waals surface area contributed by atoms with Gasteiger partial charge < -0.3 is 18.9 Å². The van der Waals surface area contributed by atoms with Gasteiger partial charge in [0, 0.05) is 31.7 Å². The van der Waals surface area contributed by atoms with Gasteiger partial charge in [0.25, 0.3) is 0 Å². The SMILES string of the molecule is COCC(C(=O)Oc1c(OC)cc(C)cc1OC)N1CCSCC1. The lowest BCUT2D eigenvalue weighted by atomic mass is 10.2. The van der Waals surface area contributed by atoms with E-state index in [9.17, 15) is 4.79 Å². The number of carbonyl (C=O) groups excluding carboxylic acids is 1. The van der Waals surface area contributed by atoms with Gasteiger partial charge in [0.15, 0.2) is 11.5 Å². The van der Waals surface area contributed by atoms with E-state index in [1.807, 2.05) is 30.8 Å². The predicted octanol–water partition coefficient (Wildman–Crippen LogP) is 1.98. The highest BCUT2D eigenvalue weighted by Gasteiger charge is 2.30. The molecule has 1 atom stereocenters. The number of hydrogen-bond donors (Lipinski definition) is 0. The molecule has 0 bridgehead atoms. The highest BCUT2D eigenvalue weighted by molar-refractivity contribution is 7.99. The van der Waals surface area contributed by atoms with Gasteiger partial charge in [-0.2, -0.15) is 11.8 Å². The zero-order chi connectivity index (χ0) is 17.5. The van der Waals surface area contributed by atoms with E-state index in [0.29, 0.717) is 23.9 Å². The van der Waals surface area contributed by atoms with E-state index in [1.165, 1.54) is 0 Å². The van der Waals surface area contributed by atoms with Crippen molar-refractivity contribution >= 4 is 17.7 Å². The molecule has 1 heterocycles. The molecule has 1 saturated heterocycles. The van der Waals surface area contributed by atoms with E-state index in [4.69, 9.17) is 18.9 Å². The quantitative estimate of drug-likeness (QED) is 0.547. The number of methoxy groups -OCH3 is 3. The summed E-state index contributed by atoms with van der Waals surface area (Å²) in [5.41, 5.74) is 0.963. The fraction of sp³-hybridized carbons (Fsp3) is 0.588. The maximum atomic E-state index is 12.8. The number of ether oxygens (including phenoxy) is 4. The van der Waals surface area contributed by atoms with Gasteiger partial charge in [-0.05, 0) is 24.6 Å². The summed E-state index contributed by atoms with van der Waals surface area (Å²) in [5, 5.41) is 0. The van der Waals surface area contributed by atoms with Gasteiger partial charge in [-0.1, -0.05) is 0 Å². The van der Waals surface area contributed by atoms with Crippen molar-refractivity contribution in [3.05, 3.63) is 17.7 Å². The molecule has 1 unspecified atom stereocenters. The Morgan fingerprint density at radius 2 is 1.75 bits per heavy atom. The summed E-state index contributed by atoms with van der Waals surface area (Å²) < 4.78 is 21.6. The molecule has 0 aliphatic carbocycles. The number of aryl methyl sites for hydroxylation is 1. The second-order valence-corrected chi connectivity index (χ2v) is 6.76. The number of carbonyl (C=O) groups is 1. The molecule has 1 fully saturated rings.